The molecule has 6 nitrogen and oxygen atoms in total. The molecule has 0 spiro atoms. The molecule has 2 fully saturated rings. The van der Waals surface area contributed by atoms with Gasteiger partial charge in [0, 0.05) is 18.2 Å². The molecule has 0 saturated carbocycles. The van der Waals surface area contributed by atoms with Crippen LogP contribution >= 0.6 is 11.6 Å². The van der Waals surface area contributed by atoms with E-state index in [9.17, 15) is 4.79 Å². The van der Waals surface area contributed by atoms with Gasteiger partial charge in [-0.05, 0) is 62.9 Å². The Hall–Kier alpha value is -2.05. The van der Waals surface area contributed by atoms with Crippen LogP contribution < -0.4 is 10.1 Å². The fourth-order valence-corrected chi connectivity index (χ4v) is 4.89. The molecule has 7 heteroatoms. The van der Waals surface area contributed by atoms with Crippen LogP contribution in [0.4, 0.5) is 0 Å². The van der Waals surface area contributed by atoms with Gasteiger partial charge in [0.25, 0.3) is 5.91 Å². The van der Waals surface area contributed by atoms with E-state index in [0.29, 0.717) is 40.5 Å². The zero-order valence-electron chi connectivity index (χ0n) is 16.2. The van der Waals surface area contributed by atoms with E-state index >= 15 is 0 Å². The highest BCUT2D eigenvalue weighted by molar-refractivity contribution is 6.32. The Morgan fingerprint density at radius 2 is 2.18 bits per heavy atom. The van der Waals surface area contributed by atoms with Crippen LogP contribution in [-0.2, 0) is 0 Å². The first kappa shape index (κ1) is 19.3. The highest BCUT2D eigenvalue weighted by Gasteiger charge is 2.33. The van der Waals surface area contributed by atoms with Gasteiger partial charge in [-0.15, -0.1) is 0 Å². The molecule has 0 radical (unpaired) electrons. The van der Waals surface area contributed by atoms with Crippen molar-refractivity contribution in [3.8, 4) is 17.0 Å². The second kappa shape index (κ2) is 8.53. The number of piperidine rings is 2. The number of nitrogens with zero attached hydrogens (tertiary/aromatic N) is 2. The molecule has 0 aliphatic carbocycles. The molecule has 2 saturated heterocycles. The summed E-state index contributed by atoms with van der Waals surface area (Å²) >= 11 is 6.24. The van der Waals surface area contributed by atoms with Crippen molar-refractivity contribution in [2.24, 2.45) is 5.92 Å². The molecule has 2 atom stereocenters. The molecule has 0 unspecified atom stereocenters. The molecule has 4 rings (SSSR count). The molecule has 1 amide bonds. The van der Waals surface area contributed by atoms with E-state index in [2.05, 4.69) is 20.4 Å². The highest BCUT2D eigenvalue weighted by atomic mass is 35.5. The average molecular weight is 403 g/mol. The van der Waals surface area contributed by atoms with Crippen molar-refractivity contribution in [1.29, 1.82) is 0 Å². The second-order valence-corrected chi connectivity index (χ2v) is 8.13. The SMILES string of the molecule is COc1ccc(-c2[nH]ncc2C(=O)NC[C@@H]2CCCN3CCCC[C@H]23)cc1Cl. The van der Waals surface area contributed by atoms with Gasteiger partial charge in [0.15, 0.2) is 0 Å². The minimum absolute atomic E-state index is 0.0939. The Labute approximate surface area is 170 Å². The van der Waals surface area contributed by atoms with Crippen LogP contribution in [0, 0.1) is 5.92 Å². The Balaban J connectivity index is 1.45. The molecule has 3 heterocycles. The summed E-state index contributed by atoms with van der Waals surface area (Å²) in [5.74, 6) is 1.04. The Morgan fingerprint density at radius 3 is 3.00 bits per heavy atom. The zero-order valence-corrected chi connectivity index (χ0v) is 17.0. The normalized spacial score (nSPS) is 22.5. The number of hydrogen-bond acceptors (Lipinski definition) is 4. The molecule has 2 aliphatic heterocycles. The summed E-state index contributed by atoms with van der Waals surface area (Å²) < 4.78 is 5.20. The van der Waals surface area contributed by atoms with E-state index in [1.807, 2.05) is 6.07 Å². The number of amides is 1. The summed E-state index contributed by atoms with van der Waals surface area (Å²) in [7, 11) is 1.58. The fourth-order valence-electron chi connectivity index (χ4n) is 4.63. The lowest BCUT2D eigenvalue weighted by atomic mass is 9.83. The molecule has 2 aliphatic rings. The van der Waals surface area contributed by atoms with Gasteiger partial charge in [-0.25, -0.2) is 0 Å². The Morgan fingerprint density at radius 1 is 1.32 bits per heavy atom. The van der Waals surface area contributed by atoms with Crippen molar-refractivity contribution in [3.05, 3.63) is 35.0 Å². The lowest BCUT2D eigenvalue weighted by molar-refractivity contribution is 0.0576. The molecular formula is C21H27ClN4O2. The monoisotopic (exact) mass is 402 g/mol. The molecule has 28 heavy (non-hydrogen) atoms. The standard InChI is InChI=1S/C21H27ClN4O2/c1-28-19-8-7-14(11-17(19)22)20-16(13-24-25-20)21(27)23-12-15-5-4-10-26-9-3-2-6-18(15)26/h7-8,11,13,15,18H,2-6,9-10,12H2,1H3,(H,23,27)(H,24,25)/t15-,18+/m0/s1. The summed E-state index contributed by atoms with van der Waals surface area (Å²) in [5, 5.41) is 10.7. The third-order valence-electron chi connectivity index (χ3n) is 6.08. The maximum Gasteiger partial charge on any atom is 0.255 e. The van der Waals surface area contributed by atoms with Gasteiger partial charge < -0.3 is 15.0 Å². The summed E-state index contributed by atoms with van der Waals surface area (Å²) in [6, 6.07) is 6.06. The van der Waals surface area contributed by atoms with Gasteiger partial charge in [0.1, 0.15) is 5.75 Å². The smallest absolute Gasteiger partial charge is 0.255 e. The number of hydrogen-bond donors (Lipinski definition) is 2. The first-order chi connectivity index (χ1) is 13.7. The van der Waals surface area contributed by atoms with Crippen LogP contribution in [0.1, 0.15) is 42.5 Å². The van der Waals surface area contributed by atoms with E-state index in [1.54, 1.807) is 25.4 Å². The van der Waals surface area contributed by atoms with Crippen LogP contribution in [-0.4, -0.2) is 53.8 Å². The van der Waals surface area contributed by atoms with Gasteiger partial charge in [-0.1, -0.05) is 18.0 Å². The van der Waals surface area contributed by atoms with Crippen molar-refractivity contribution in [3.63, 3.8) is 0 Å². The van der Waals surface area contributed by atoms with E-state index < -0.39 is 0 Å². The van der Waals surface area contributed by atoms with Gasteiger partial charge >= 0.3 is 0 Å². The number of aromatic amines is 1. The molecule has 0 bridgehead atoms. The zero-order chi connectivity index (χ0) is 19.5. The largest absolute Gasteiger partial charge is 0.495 e. The highest BCUT2D eigenvalue weighted by Crippen LogP contribution is 2.32. The van der Waals surface area contributed by atoms with Crippen LogP contribution in [0.3, 0.4) is 0 Å². The van der Waals surface area contributed by atoms with Gasteiger partial charge in [0.05, 0.1) is 29.6 Å². The van der Waals surface area contributed by atoms with E-state index in [4.69, 9.17) is 16.3 Å². The quantitative estimate of drug-likeness (QED) is 0.799. The number of halogens is 1. The molecule has 150 valence electrons. The first-order valence-electron chi connectivity index (χ1n) is 10.1. The van der Waals surface area contributed by atoms with E-state index in [-0.39, 0.29) is 5.91 Å². The predicted molar refractivity (Wildman–Crippen MR) is 110 cm³/mol. The fraction of sp³-hybridized carbons (Fsp3) is 0.524. The third-order valence-corrected chi connectivity index (χ3v) is 6.37. The number of aromatic nitrogens is 2. The van der Waals surface area contributed by atoms with Gasteiger partial charge in [-0.2, -0.15) is 5.10 Å². The number of rotatable bonds is 5. The molecule has 2 aromatic rings. The first-order valence-corrected chi connectivity index (χ1v) is 10.4. The topological polar surface area (TPSA) is 70.2 Å². The van der Waals surface area contributed by atoms with Gasteiger partial charge in [-0.3, -0.25) is 9.89 Å². The summed E-state index contributed by atoms with van der Waals surface area (Å²) in [5.41, 5.74) is 2.02. The molecular weight excluding hydrogens is 376 g/mol. The van der Waals surface area contributed by atoms with Crippen LogP contribution in [0.15, 0.2) is 24.4 Å². The molecule has 1 aromatic carbocycles. The maximum absolute atomic E-state index is 12.9. The summed E-state index contributed by atoms with van der Waals surface area (Å²) in [4.78, 5) is 15.5. The minimum Gasteiger partial charge on any atom is -0.495 e. The number of methoxy groups -OCH3 is 1. The Kier molecular flexibility index (Phi) is 5.87. The number of fused-ring (bicyclic) bond motifs is 1. The number of ether oxygens (including phenoxy) is 1. The van der Waals surface area contributed by atoms with Gasteiger partial charge in [0.2, 0.25) is 0 Å². The van der Waals surface area contributed by atoms with Crippen molar-refractivity contribution in [1.82, 2.24) is 20.4 Å². The van der Waals surface area contributed by atoms with Crippen molar-refractivity contribution < 1.29 is 9.53 Å². The molecule has 2 N–H and O–H groups in total. The lowest BCUT2D eigenvalue weighted by Gasteiger charge is -2.44. The van der Waals surface area contributed by atoms with Crippen molar-refractivity contribution >= 4 is 17.5 Å². The van der Waals surface area contributed by atoms with Crippen LogP contribution in [0.2, 0.25) is 5.02 Å². The van der Waals surface area contributed by atoms with Crippen LogP contribution in [0.5, 0.6) is 5.75 Å². The average Bonchev–Trinajstić information content (AvgIpc) is 3.22. The number of nitrogens with one attached hydrogen (secondary N) is 2. The number of carbonyl (C=O) groups excluding carboxylic acids is 1. The van der Waals surface area contributed by atoms with E-state index in [0.717, 1.165) is 5.56 Å². The lowest BCUT2D eigenvalue weighted by Crippen LogP contribution is -2.51. The number of carbonyl (C=O) groups is 1. The summed E-state index contributed by atoms with van der Waals surface area (Å²) in [6.07, 6.45) is 7.85. The van der Waals surface area contributed by atoms with Crippen molar-refractivity contribution in [2.45, 2.75) is 38.1 Å². The third kappa shape index (κ3) is 3.89. The number of H-pyrrole nitrogens is 1. The van der Waals surface area contributed by atoms with E-state index in [1.165, 1.54) is 45.2 Å². The predicted octanol–water partition coefficient (Wildman–Crippen LogP) is 3.73. The Bertz CT molecular complexity index is 836. The van der Waals surface area contributed by atoms with Crippen LogP contribution in [0.25, 0.3) is 11.3 Å². The molecule has 1 aromatic heterocycles. The number of benzene rings is 1. The summed E-state index contributed by atoms with van der Waals surface area (Å²) in [6.45, 7) is 3.13. The minimum atomic E-state index is -0.0939. The maximum atomic E-state index is 12.9. The van der Waals surface area contributed by atoms with Crippen molar-refractivity contribution in [2.75, 3.05) is 26.7 Å². The second-order valence-electron chi connectivity index (χ2n) is 7.72.